The maximum Gasteiger partial charge on any atom is 0.257 e. The summed E-state index contributed by atoms with van der Waals surface area (Å²) in [6.07, 6.45) is 0. The Labute approximate surface area is 106 Å². The molecule has 0 aliphatic heterocycles. The number of hydrogen-bond acceptors (Lipinski definition) is 6. The van der Waals surface area contributed by atoms with E-state index in [1.807, 2.05) is 29.6 Å². The quantitative estimate of drug-likeness (QED) is 0.735. The molecular weight excluding hydrogens is 254 g/mol. The van der Waals surface area contributed by atoms with Crippen LogP contribution in [0.4, 0.5) is 5.13 Å². The molecule has 0 saturated heterocycles. The molecule has 2 aromatic heterocycles. The van der Waals surface area contributed by atoms with Gasteiger partial charge in [-0.15, -0.1) is 11.3 Å². The summed E-state index contributed by atoms with van der Waals surface area (Å²) < 4.78 is 5.59. The standard InChI is InChI=1S/C11H9N3OS2/c12-10-13-7(5-16-10)6-17-11-14-8-3-1-2-4-9(8)15-11/h1-5H,6H2,(H2,12,13). The van der Waals surface area contributed by atoms with Crippen LogP contribution in [0.15, 0.2) is 39.3 Å². The van der Waals surface area contributed by atoms with Gasteiger partial charge in [-0.05, 0) is 12.1 Å². The molecular formula is C11H9N3OS2. The molecule has 6 heteroatoms. The van der Waals surface area contributed by atoms with Crippen LogP contribution in [-0.2, 0) is 5.75 Å². The van der Waals surface area contributed by atoms with Crippen molar-refractivity contribution in [2.45, 2.75) is 11.0 Å². The summed E-state index contributed by atoms with van der Waals surface area (Å²) in [4.78, 5) is 8.56. The highest BCUT2D eigenvalue weighted by Crippen LogP contribution is 2.26. The van der Waals surface area contributed by atoms with Crippen molar-refractivity contribution in [1.29, 1.82) is 0 Å². The molecule has 0 amide bonds. The first-order chi connectivity index (χ1) is 8.31. The molecule has 2 heterocycles. The van der Waals surface area contributed by atoms with Gasteiger partial charge in [0.15, 0.2) is 10.7 Å². The Kier molecular flexibility index (Phi) is 2.74. The van der Waals surface area contributed by atoms with Gasteiger partial charge in [0.25, 0.3) is 5.22 Å². The third-order valence-corrected chi connectivity index (χ3v) is 3.77. The molecule has 0 bridgehead atoms. The largest absolute Gasteiger partial charge is 0.431 e. The van der Waals surface area contributed by atoms with E-state index in [0.29, 0.717) is 10.4 Å². The highest BCUT2D eigenvalue weighted by molar-refractivity contribution is 7.98. The van der Waals surface area contributed by atoms with Crippen molar-refractivity contribution in [2.75, 3.05) is 5.73 Å². The first-order valence-electron chi connectivity index (χ1n) is 4.99. The molecule has 0 saturated carbocycles. The van der Waals surface area contributed by atoms with E-state index < -0.39 is 0 Å². The van der Waals surface area contributed by atoms with Crippen LogP contribution in [-0.4, -0.2) is 9.97 Å². The minimum absolute atomic E-state index is 0.596. The minimum atomic E-state index is 0.596. The lowest BCUT2D eigenvalue weighted by Crippen LogP contribution is -1.84. The lowest BCUT2D eigenvalue weighted by Gasteiger charge is -1.91. The van der Waals surface area contributed by atoms with Gasteiger partial charge in [0.2, 0.25) is 0 Å². The summed E-state index contributed by atoms with van der Waals surface area (Å²) in [6, 6.07) is 7.72. The van der Waals surface area contributed by atoms with E-state index in [0.717, 1.165) is 22.5 Å². The summed E-state index contributed by atoms with van der Waals surface area (Å²) >= 11 is 2.97. The smallest absolute Gasteiger partial charge is 0.257 e. The number of fused-ring (bicyclic) bond motifs is 1. The Bertz CT molecular complexity index is 614. The molecule has 0 radical (unpaired) electrons. The van der Waals surface area contributed by atoms with Crippen molar-refractivity contribution < 1.29 is 4.42 Å². The Morgan fingerprint density at radius 2 is 2.18 bits per heavy atom. The predicted octanol–water partition coefficient (Wildman–Crippen LogP) is 3.16. The number of rotatable bonds is 3. The Morgan fingerprint density at radius 3 is 2.94 bits per heavy atom. The van der Waals surface area contributed by atoms with E-state index >= 15 is 0 Å². The molecule has 86 valence electrons. The minimum Gasteiger partial charge on any atom is -0.431 e. The van der Waals surface area contributed by atoms with Crippen LogP contribution in [0.1, 0.15) is 5.69 Å². The van der Waals surface area contributed by atoms with Gasteiger partial charge in [-0.25, -0.2) is 9.97 Å². The van der Waals surface area contributed by atoms with E-state index in [1.54, 1.807) is 0 Å². The van der Waals surface area contributed by atoms with E-state index in [2.05, 4.69) is 9.97 Å². The second kappa shape index (κ2) is 4.38. The summed E-state index contributed by atoms with van der Waals surface area (Å²) in [5.74, 6) is 0.723. The summed E-state index contributed by atoms with van der Waals surface area (Å²) in [7, 11) is 0. The molecule has 17 heavy (non-hydrogen) atoms. The summed E-state index contributed by atoms with van der Waals surface area (Å²) in [5, 5.41) is 3.21. The maximum absolute atomic E-state index is 5.59. The average Bonchev–Trinajstić information content (AvgIpc) is 2.91. The molecule has 3 rings (SSSR count). The van der Waals surface area contributed by atoms with Crippen molar-refractivity contribution in [1.82, 2.24) is 9.97 Å². The second-order valence-electron chi connectivity index (χ2n) is 3.41. The van der Waals surface area contributed by atoms with E-state index in [1.165, 1.54) is 23.1 Å². The third kappa shape index (κ3) is 2.27. The van der Waals surface area contributed by atoms with Crippen molar-refractivity contribution >= 4 is 39.3 Å². The van der Waals surface area contributed by atoms with Crippen LogP contribution in [0.3, 0.4) is 0 Å². The molecule has 0 unspecified atom stereocenters. The van der Waals surface area contributed by atoms with Gasteiger partial charge in [-0.3, -0.25) is 0 Å². The van der Waals surface area contributed by atoms with Gasteiger partial charge < -0.3 is 10.2 Å². The maximum atomic E-state index is 5.59. The van der Waals surface area contributed by atoms with Crippen LogP contribution in [0.2, 0.25) is 0 Å². The normalized spacial score (nSPS) is 11.1. The fraction of sp³-hybridized carbons (Fsp3) is 0.0909. The number of nitrogen functional groups attached to an aromatic ring is 1. The Balaban J connectivity index is 1.76. The lowest BCUT2D eigenvalue weighted by atomic mass is 10.3. The molecule has 1 aromatic carbocycles. The van der Waals surface area contributed by atoms with Crippen LogP contribution >= 0.6 is 23.1 Å². The summed E-state index contributed by atoms with van der Waals surface area (Å²) in [5.41, 5.74) is 8.22. The van der Waals surface area contributed by atoms with Gasteiger partial charge in [0, 0.05) is 11.1 Å². The SMILES string of the molecule is Nc1nc(CSc2nc3ccccc3o2)cs1. The zero-order valence-electron chi connectivity index (χ0n) is 8.79. The number of para-hydroxylation sites is 2. The topological polar surface area (TPSA) is 64.9 Å². The number of aromatic nitrogens is 2. The molecule has 0 aliphatic carbocycles. The molecule has 0 spiro atoms. The van der Waals surface area contributed by atoms with Crippen molar-refractivity contribution in [3.63, 3.8) is 0 Å². The molecule has 2 N–H and O–H groups in total. The zero-order valence-corrected chi connectivity index (χ0v) is 10.4. The van der Waals surface area contributed by atoms with Crippen molar-refractivity contribution in [2.24, 2.45) is 0 Å². The van der Waals surface area contributed by atoms with E-state index in [9.17, 15) is 0 Å². The predicted molar refractivity (Wildman–Crippen MR) is 70.1 cm³/mol. The summed E-state index contributed by atoms with van der Waals surface area (Å²) in [6.45, 7) is 0. The van der Waals surface area contributed by atoms with Gasteiger partial charge in [-0.1, -0.05) is 23.9 Å². The highest BCUT2D eigenvalue weighted by atomic mass is 32.2. The van der Waals surface area contributed by atoms with Gasteiger partial charge >= 0.3 is 0 Å². The fourth-order valence-electron chi connectivity index (χ4n) is 1.44. The molecule has 0 atom stereocenters. The first-order valence-corrected chi connectivity index (χ1v) is 6.86. The van der Waals surface area contributed by atoms with E-state index in [4.69, 9.17) is 10.2 Å². The zero-order chi connectivity index (χ0) is 11.7. The van der Waals surface area contributed by atoms with Crippen LogP contribution < -0.4 is 5.73 Å². The number of hydrogen-bond donors (Lipinski definition) is 1. The highest BCUT2D eigenvalue weighted by Gasteiger charge is 2.07. The Hall–Kier alpha value is -1.53. The van der Waals surface area contributed by atoms with Gasteiger partial charge in [0.05, 0.1) is 5.69 Å². The fourth-order valence-corrected chi connectivity index (χ4v) is 2.84. The van der Waals surface area contributed by atoms with Crippen LogP contribution in [0.5, 0.6) is 0 Å². The monoisotopic (exact) mass is 263 g/mol. The van der Waals surface area contributed by atoms with Crippen LogP contribution in [0, 0.1) is 0 Å². The third-order valence-electron chi connectivity index (χ3n) is 2.19. The van der Waals surface area contributed by atoms with Crippen molar-refractivity contribution in [3.8, 4) is 0 Å². The first kappa shape index (κ1) is 10.6. The number of nitrogens with zero attached hydrogens (tertiary/aromatic N) is 2. The van der Waals surface area contributed by atoms with Gasteiger partial charge in [0.1, 0.15) is 5.52 Å². The molecule has 4 nitrogen and oxygen atoms in total. The second-order valence-corrected chi connectivity index (χ2v) is 5.23. The number of thioether (sulfide) groups is 1. The molecule has 0 fully saturated rings. The molecule has 3 aromatic rings. The number of anilines is 1. The number of thiazole rings is 1. The van der Waals surface area contributed by atoms with Gasteiger partial charge in [-0.2, -0.15) is 0 Å². The lowest BCUT2D eigenvalue weighted by molar-refractivity contribution is 0.489. The molecule has 0 aliphatic rings. The van der Waals surface area contributed by atoms with Crippen molar-refractivity contribution in [3.05, 3.63) is 35.3 Å². The number of benzene rings is 1. The van der Waals surface area contributed by atoms with Crippen LogP contribution in [0.25, 0.3) is 11.1 Å². The van der Waals surface area contributed by atoms with E-state index in [-0.39, 0.29) is 0 Å². The Morgan fingerprint density at radius 1 is 1.29 bits per heavy atom. The number of nitrogens with two attached hydrogens (primary N) is 1. The average molecular weight is 263 g/mol. The number of oxazole rings is 1.